The number of aryl methyl sites for hydroxylation is 1. The summed E-state index contributed by atoms with van der Waals surface area (Å²) >= 11 is 6.01. The van der Waals surface area contributed by atoms with Crippen molar-refractivity contribution >= 4 is 23.3 Å². The fourth-order valence-electron chi connectivity index (χ4n) is 3.61. The van der Waals surface area contributed by atoms with E-state index in [9.17, 15) is 9.59 Å². The van der Waals surface area contributed by atoms with Crippen molar-refractivity contribution in [2.45, 2.75) is 20.3 Å². The third-order valence-corrected chi connectivity index (χ3v) is 5.85. The average Bonchev–Trinajstić information content (AvgIpc) is 2.77. The highest BCUT2D eigenvalue weighted by molar-refractivity contribution is 6.30. The molecule has 7 nitrogen and oxygen atoms in total. The van der Waals surface area contributed by atoms with Gasteiger partial charge in [0.05, 0.1) is 6.42 Å². The molecule has 1 aliphatic rings. The lowest BCUT2D eigenvalue weighted by Crippen LogP contribution is -2.49. The van der Waals surface area contributed by atoms with Crippen LogP contribution < -0.4 is 10.5 Å². The van der Waals surface area contributed by atoms with Gasteiger partial charge >= 0.3 is 0 Å². The molecule has 1 fully saturated rings. The Bertz CT molecular complexity index is 1150. The number of nitrogens with one attached hydrogen (secondary N) is 1. The SMILES string of the molecule is Cc1nc(-c2ccc(N3CCN(C(=O)Cc4cccc(Cl)c4)CC3)nc2)[nH]c(=O)c1C. The molecule has 1 aliphatic heterocycles. The van der Waals surface area contributed by atoms with Crippen LogP contribution in [-0.2, 0) is 11.2 Å². The molecule has 0 unspecified atom stereocenters. The summed E-state index contributed by atoms with van der Waals surface area (Å²) in [6, 6.07) is 11.3. The molecule has 3 aromatic rings. The van der Waals surface area contributed by atoms with Gasteiger partial charge in [0, 0.05) is 54.2 Å². The van der Waals surface area contributed by atoms with Gasteiger partial charge in [-0.1, -0.05) is 23.7 Å². The second-order valence-corrected chi connectivity index (χ2v) is 8.14. The highest BCUT2D eigenvalue weighted by atomic mass is 35.5. The van der Waals surface area contributed by atoms with Gasteiger partial charge < -0.3 is 14.8 Å². The van der Waals surface area contributed by atoms with Crippen LogP contribution in [-0.4, -0.2) is 51.9 Å². The van der Waals surface area contributed by atoms with E-state index in [1.54, 1.807) is 19.2 Å². The number of aromatic nitrogens is 3. The van der Waals surface area contributed by atoms with Crippen molar-refractivity contribution in [2.75, 3.05) is 31.1 Å². The van der Waals surface area contributed by atoms with Crippen LogP contribution in [0, 0.1) is 13.8 Å². The summed E-state index contributed by atoms with van der Waals surface area (Å²) in [5.41, 5.74) is 2.89. The molecule has 8 heteroatoms. The van der Waals surface area contributed by atoms with Crippen LogP contribution >= 0.6 is 11.6 Å². The molecule has 0 aliphatic carbocycles. The summed E-state index contributed by atoms with van der Waals surface area (Å²) < 4.78 is 0. The fraction of sp³-hybridized carbons (Fsp3) is 0.304. The molecule has 0 atom stereocenters. The lowest BCUT2D eigenvalue weighted by Gasteiger charge is -2.35. The first-order valence-corrected chi connectivity index (χ1v) is 10.6. The molecule has 0 bridgehead atoms. The van der Waals surface area contributed by atoms with Crippen LogP contribution in [0.15, 0.2) is 47.4 Å². The van der Waals surface area contributed by atoms with Gasteiger partial charge in [0.15, 0.2) is 0 Å². The molecule has 1 N–H and O–H groups in total. The van der Waals surface area contributed by atoms with Crippen molar-refractivity contribution in [3.63, 3.8) is 0 Å². The van der Waals surface area contributed by atoms with Gasteiger partial charge in [-0.3, -0.25) is 9.59 Å². The Labute approximate surface area is 185 Å². The number of anilines is 1. The van der Waals surface area contributed by atoms with Gasteiger partial charge in [0.25, 0.3) is 5.56 Å². The zero-order valence-corrected chi connectivity index (χ0v) is 18.3. The first-order valence-electron chi connectivity index (χ1n) is 10.2. The van der Waals surface area contributed by atoms with Crippen LogP contribution in [0.1, 0.15) is 16.8 Å². The summed E-state index contributed by atoms with van der Waals surface area (Å²) in [5, 5.41) is 0.643. The minimum atomic E-state index is -0.134. The van der Waals surface area contributed by atoms with Crippen LogP contribution in [0.3, 0.4) is 0 Å². The predicted octanol–water partition coefficient (Wildman–Crippen LogP) is 2.99. The highest BCUT2D eigenvalue weighted by Crippen LogP contribution is 2.19. The maximum absolute atomic E-state index is 12.6. The Hall–Kier alpha value is -3.19. The van der Waals surface area contributed by atoms with Crippen molar-refractivity contribution in [1.82, 2.24) is 19.9 Å². The van der Waals surface area contributed by atoms with Gasteiger partial charge in [-0.2, -0.15) is 0 Å². The molecule has 3 heterocycles. The van der Waals surface area contributed by atoms with E-state index in [0.29, 0.717) is 54.7 Å². The number of carbonyl (C=O) groups is 1. The van der Waals surface area contributed by atoms with Gasteiger partial charge in [0.1, 0.15) is 11.6 Å². The van der Waals surface area contributed by atoms with Crippen molar-refractivity contribution in [1.29, 1.82) is 0 Å². The number of carbonyl (C=O) groups excluding carboxylic acids is 1. The van der Waals surface area contributed by atoms with Crippen LogP contribution in [0.2, 0.25) is 5.02 Å². The summed E-state index contributed by atoms with van der Waals surface area (Å²) in [6.07, 6.45) is 2.08. The monoisotopic (exact) mass is 437 g/mol. The number of amides is 1. The number of halogens is 1. The van der Waals surface area contributed by atoms with Crippen LogP contribution in [0.5, 0.6) is 0 Å². The Kier molecular flexibility index (Phi) is 6.04. The summed E-state index contributed by atoms with van der Waals surface area (Å²) in [4.78, 5) is 40.5. The minimum absolute atomic E-state index is 0.106. The first-order chi connectivity index (χ1) is 14.9. The Morgan fingerprint density at radius 2 is 1.90 bits per heavy atom. The zero-order chi connectivity index (χ0) is 22.0. The second kappa shape index (κ2) is 8.89. The molecule has 0 spiro atoms. The highest BCUT2D eigenvalue weighted by Gasteiger charge is 2.22. The van der Waals surface area contributed by atoms with E-state index in [1.807, 2.05) is 42.2 Å². The third kappa shape index (κ3) is 4.77. The van der Waals surface area contributed by atoms with Gasteiger partial charge in [0.2, 0.25) is 5.91 Å². The second-order valence-electron chi connectivity index (χ2n) is 7.70. The van der Waals surface area contributed by atoms with Crippen LogP contribution in [0.25, 0.3) is 11.4 Å². The molecule has 1 amide bonds. The summed E-state index contributed by atoms with van der Waals surface area (Å²) in [5.74, 6) is 1.47. The number of aromatic amines is 1. The van der Waals surface area contributed by atoms with Gasteiger partial charge in [-0.25, -0.2) is 9.97 Å². The zero-order valence-electron chi connectivity index (χ0n) is 17.6. The van der Waals surface area contributed by atoms with E-state index < -0.39 is 0 Å². The Balaban J connectivity index is 1.38. The molecule has 1 saturated heterocycles. The number of rotatable bonds is 4. The molecule has 31 heavy (non-hydrogen) atoms. The van der Waals surface area contributed by atoms with Crippen molar-refractivity contribution in [2.24, 2.45) is 0 Å². The molecule has 160 valence electrons. The lowest BCUT2D eigenvalue weighted by atomic mass is 10.1. The van der Waals surface area contributed by atoms with E-state index in [-0.39, 0.29) is 11.5 Å². The lowest BCUT2D eigenvalue weighted by molar-refractivity contribution is -0.130. The van der Waals surface area contributed by atoms with Gasteiger partial charge in [-0.15, -0.1) is 0 Å². The predicted molar refractivity (Wildman–Crippen MR) is 122 cm³/mol. The summed E-state index contributed by atoms with van der Waals surface area (Å²) in [7, 11) is 0. The van der Waals surface area contributed by atoms with Crippen molar-refractivity contribution in [3.8, 4) is 11.4 Å². The van der Waals surface area contributed by atoms with E-state index in [0.717, 1.165) is 16.9 Å². The molecule has 0 radical (unpaired) electrons. The number of pyridine rings is 1. The Morgan fingerprint density at radius 1 is 1.13 bits per heavy atom. The largest absolute Gasteiger partial charge is 0.353 e. The number of benzene rings is 1. The maximum Gasteiger partial charge on any atom is 0.254 e. The fourth-order valence-corrected chi connectivity index (χ4v) is 3.83. The molecule has 4 rings (SSSR count). The number of hydrogen-bond acceptors (Lipinski definition) is 5. The minimum Gasteiger partial charge on any atom is -0.353 e. The third-order valence-electron chi connectivity index (χ3n) is 5.62. The van der Waals surface area contributed by atoms with E-state index in [2.05, 4.69) is 19.9 Å². The van der Waals surface area contributed by atoms with Gasteiger partial charge in [-0.05, 0) is 43.7 Å². The molecular formula is C23H24ClN5O2. The van der Waals surface area contributed by atoms with Crippen molar-refractivity contribution in [3.05, 3.63) is 74.8 Å². The first kappa shape index (κ1) is 21.1. The van der Waals surface area contributed by atoms with Crippen molar-refractivity contribution < 1.29 is 4.79 Å². The smallest absolute Gasteiger partial charge is 0.254 e. The molecular weight excluding hydrogens is 414 g/mol. The van der Waals surface area contributed by atoms with Crippen LogP contribution in [0.4, 0.5) is 5.82 Å². The maximum atomic E-state index is 12.6. The average molecular weight is 438 g/mol. The molecule has 1 aromatic carbocycles. The molecule has 2 aromatic heterocycles. The topological polar surface area (TPSA) is 82.2 Å². The number of nitrogens with zero attached hydrogens (tertiary/aromatic N) is 4. The number of H-pyrrole nitrogens is 1. The normalized spacial score (nSPS) is 14.0. The van der Waals surface area contributed by atoms with E-state index in [1.165, 1.54) is 0 Å². The van der Waals surface area contributed by atoms with E-state index in [4.69, 9.17) is 11.6 Å². The molecule has 0 saturated carbocycles. The number of hydrogen-bond donors (Lipinski definition) is 1. The quantitative estimate of drug-likeness (QED) is 0.678. The standard InChI is InChI=1S/C23H24ClN5O2/c1-15-16(2)26-22(27-23(15)31)18-6-7-20(25-14-18)28-8-10-29(11-9-28)21(30)13-17-4-3-5-19(24)12-17/h3-7,12,14H,8-11,13H2,1-2H3,(H,26,27,31). The Morgan fingerprint density at radius 3 is 2.55 bits per heavy atom. The van der Waals surface area contributed by atoms with E-state index >= 15 is 0 Å². The number of piperazine rings is 1. The summed E-state index contributed by atoms with van der Waals surface area (Å²) in [6.45, 7) is 6.30.